The Hall–Kier alpha value is -2.63. The lowest BCUT2D eigenvalue weighted by Gasteiger charge is -2.47. The molecule has 6 heteroatoms. The number of aromatic amines is 1. The topological polar surface area (TPSA) is 69.3 Å². The van der Waals surface area contributed by atoms with Crippen LogP contribution in [-0.4, -0.2) is 57.3 Å². The monoisotopic (exact) mass is 352 g/mol. The zero-order valence-electron chi connectivity index (χ0n) is 14.8. The first-order valence-corrected chi connectivity index (χ1v) is 9.33. The zero-order chi connectivity index (χ0) is 17.9. The molecule has 6 nitrogen and oxygen atoms in total. The Kier molecular flexibility index (Phi) is 4.73. The maximum atomic E-state index is 12.7. The molecule has 2 saturated heterocycles. The number of nitrogens with zero attached hydrogens (tertiary/aromatic N) is 3. The van der Waals surface area contributed by atoms with Gasteiger partial charge >= 0.3 is 0 Å². The van der Waals surface area contributed by atoms with Crippen LogP contribution in [0, 0.1) is 5.92 Å². The van der Waals surface area contributed by atoms with Crippen molar-refractivity contribution in [3.63, 3.8) is 0 Å². The van der Waals surface area contributed by atoms with Gasteiger partial charge in [0.05, 0.1) is 6.33 Å². The van der Waals surface area contributed by atoms with E-state index in [1.54, 1.807) is 6.33 Å². The highest BCUT2D eigenvalue weighted by molar-refractivity contribution is 5.94. The second-order valence-corrected chi connectivity index (χ2v) is 7.19. The van der Waals surface area contributed by atoms with Gasteiger partial charge in [-0.25, -0.2) is 4.98 Å². The maximum Gasteiger partial charge on any atom is 0.253 e. The number of amides is 2. The highest BCUT2D eigenvalue weighted by Gasteiger charge is 2.40. The molecule has 1 aromatic heterocycles. The van der Waals surface area contributed by atoms with Crippen LogP contribution in [0.5, 0.6) is 0 Å². The fraction of sp³-hybridized carbons (Fsp3) is 0.450. The van der Waals surface area contributed by atoms with E-state index in [1.165, 1.54) is 0 Å². The number of imidazole rings is 1. The molecule has 2 atom stereocenters. The van der Waals surface area contributed by atoms with Crippen molar-refractivity contribution in [2.45, 2.75) is 31.7 Å². The Labute approximate surface area is 153 Å². The predicted octanol–water partition coefficient (Wildman–Crippen LogP) is 2.11. The normalized spacial score (nSPS) is 23.0. The molecule has 0 aliphatic carbocycles. The minimum atomic E-state index is 0.102. The number of fused-ring (bicyclic) bond motifs is 1. The van der Waals surface area contributed by atoms with Gasteiger partial charge in [-0.1, -0.05) is 18.2 Å². The summed E-state index contributed by atoms with van der Waals surface area (Å²) in [5, 5.41) is 0. The number of benzene rings is 1. The maximum absolute atomic E-state index is 12.7. The van der Waals surface area contributed by atoms with Crippen LogP contribution < -0.4 is 0 Å². The number of likely N-dealkylation sites (tertiary alicyclic amines) is 2. The van der Waals surface area contributed by atoms with Crippen molar-refractivity contribution in [1.29, 1.82) is 0 Å². The summed E-state index contributed by atoms with van der Waals surface area (Å²) in [6.45, 7) is 2.17. The first-order chi connectivity index (χ1) is 12.7. The van der Waals surface area contributed by atoms with Crippen LogP contribution in [0.3, 0.4) is 0 Å². The molecule has 2 aliphatic rings. The van der Waals surface area contributed by atoms with E-state index in [2.05, 4.69) is 9.97 Å². The van der Waals surface area contributed by atoms with Crippen molar-refractivity contribution in [3.8, 4) is 0 Å². The minimum Gasteiger partial charge on any atom is -0.348 e. The van der Waals surface area contributed by atoms with E-state index in [-0.39, 0.29) is 17.9 Å². The largest absolute Gasteiger partial charge is 0.348 e. The Bertz CT molecular complexity index is 759. The molecule has 2 fully saturated rings. The fourth-order valence-corrected chi connectivity index (χ4v) is 4.25. The van der Waals surface area contributed by atoms with Crippen molar-refractivity contribution in [2.24, 2.45) is 5.92 Å². The number of carbonyl (C=O) groups excluding carboxylic acids is 2. The van der Waals surface area contributed by atoms with Crippen molar-refractivity contribution in [2.75, 3.05) is 19.6 Å². The average molecular weight is 352 g/mol. The standard InChI is InChI=1S/C20H24N4O2/c25-19-7-6-16-13-23(20(26)15-4-2-1-3-5-15)10-9-18(16)24(19)11-8-17-12-21-14-22-17/h1-5,12,14,16,18H,6-11,13H2,(H,21,22)/t16-,18+/m0/s1. The summed E-state index contributed by atoms with van der Waals surface area (Å²) in [6, 6.07) is 9.71. The van der Waals surface area contributed by atoms with Crippen molar-refractivity contribution >= 4 is 11.8 Å². The smallest absolute Gasteiger partial charge is 0.253 e. The van der Waals surface area contributed by atoms with E-state index in [0.717, 1.165) is 43.6 Å². The molecule has 0 bridgehead atoms. The van der Waals surface area contributed by atoms with Crippen LogP contribution in [0.15, 0.2) is 42.9 Å². The van der Waals surface area contributed by atoms with E-state index < -0.39 is 0 Å². The molecule has 26 heavy (non-hydrogen) atoms. The van der Waals surface area contributed by atoms with Gasteiger partial charge in [-0.05, 0) is 30.9 Å². The third-order valence-corrected chi connectivity index (χ3v) is 5.63. The summed E-state index contributed by atoms with van der Waals surface area (Å²) in [5.41, 5.74) is 1.80. The highest BCUT2D eigenvalue weighted by atomic mass is 16.2. The van der Waals surface area contributed by atoms with Crippen LogP contribution in [0.2, 0.25) is 0 Å². The van der Waals surface area contributed by atoms with E-state index in [1.807, 2.05) is 46.3 Å². The van der Waals surface area contributed by atoms with E-state index >= 15 is 0 Å². The SMILES string of the molecule is O=C(c1ccccc1)N1CC[C@@H]2[C@@H](CCC(=O)N2CCc2cnc[nH]2)C1. The lowest BCUT2D eigenvalue weighted by molar-refractivity contribution is -0.140. The van der Waals surface area contributed by atoms with Crippen LogP contribution in [0.4, 0.5) is 0 Å². The van der Waals surface area contributed by atoms with Gasteiger partial charge in [0.2, 0.25) is 5.91 Å². The van der Waals surface area contributed by atoms with Gasteiger partial charge in [0, 0.05) is 56.0 Å². The van der Waals surface area contributed by atoms with Crippen molar-refractivity contribution in [3.05, 3.63) is 54.1 Å². The van der Waals surface area contributed by atoms with Gasteiger partial charge in [0.25, 0.3) is 5.91 Å². The number of nitrogens with one attached hydrogen (secondary N) is 1. The van der Waals surface area contributed by atoms with E-state index in [4.69, 9.17) is 0 Å². The summed E-state index contributed by atoms with van der Waals surface area (Å²) in [7, 11) is 0. The van der Waals surface area contributed by atoms with Crippen molar-refractivity contribution < 1.29 is 9.59 Å². The third kappa shape index (κ3) is 3.36. The summed E-state index contributed by atoms with van der Waals surface area (Å²) < 4.78 is 0. The molecule has 0 spiro atoms. The van der Waals surface area contributed by atoms with E-state index in [9.17, 15) is 9.59 Å². The number of hydrogen-bond acceptors (Lipinski definition) is 3. The number of carbonyl (C=O) groups is 2. The predicted molar refractivity (Wildman–Crippen MR) is 97.5 cm³/mol. The van der Waals surface area contributed by atoms with Gasteiger partial charge in [0.15, 0.2) is 0 Å². The van der Waals surface area contributed by atoms with Gasteiger partial charge < -0.3 is 14.8 Å². The number of piperidine rings is 2. The molecule has 4 rings (SSSR count). The molecule has 2 aromatic rings. The fourth-order valence-electron chi connectivity index (χ4n) is 4.25. The second kappa shape index (κ2) is 7.32. The molecule has 0 unspecified atom stereocenters. The molecule has 1 aromatic carbocycles. The molecule has 2 aliphatic heterocycles. The Morgan fingerprint density at radius 3 is 2.85 bits per heavy atom. The third-order valence-electron chi connectivity index (χ3n) is 5.63. The van der Waals surface area contributed by atoms with Crippen LogP contribution in [-0.2, 0) is 11.2 Å². The lowest BCUT2D eigenvalue weighted by atomic mass is 9.83. The molecule has 2 amide bonds. The summed E-state index contributed by atoms with van der Waals surface area (Å²) in [4.78, 5) is 36.3. The molecule has 136 valence electrons. The number of aromatic nitrogens is 2. The van der Waals surface area contributed by atoms with Crippen LogP contribution in [0.25, 0.3) is 0 Å². The summed E-state index contributed by atoms with van der Waals surface area (Å²) in [5.74, 6) is 0.717. The van der Waals surface area contributed by atoms with Crippen molar-refractivity contribution in [1.82, 2.24) is 19.8 Å². The molecule has 0 radical (unpaired) electrons. The summed E-state index contributed by atoms with van der Waals surface area (Å²) in [6.07, 6.45) is 6.59. The number of rotatable bonds is 4. The number of hydrogen-bond donors (Lipinski definition) is 1. The zero-order valence-corrected chi connectivity index (χ0v) is 14.8. The quantitative estimate of drug-likeness (QED) is 0.916. The van der Waals surface area contributed by atoms with E-state index in [0.29, 0.717) is 18.9 Å². The van der Waals surface area contributed by atoms with Gasteiger partial charge in [-0.15, -0.1) is 0 Å². The lowest BCUT2D eigenvalue weighted by Crippen LogP contribution is -2.57. The first-order valence-electron chi connectivity index (χ1n) is 9.33. The molecule has 0 saturated carbocycles. The molecular formula is C20H24N4O2. The average Bonchev–Trinajstić information content (AvgIpc) is 3.20. The van der Waals surface area contributed by atoms with Gasteiger partial charge in [-0.2, -0.15) is 0 Å². The Morgan fingerprint density at radius 1 is 1.23 bits per heavy atom. The van der Waals surface area contributed by atoms with Crippen LogP contribution in [0.1, 0.15) is 35.3 Å². The molecule has 3 heterocycles. The number of H-pyrrole nitrogens is 1. The molecule has 1 N–H and O–H groups in total. The Morgan fingerprint density at radius 2 is 2.08 bits per heavy atom. The Balaban J connectivity index is 1.41. The molecular weight excluding hydrogens is 328 g/mol. The second-order valence-electron chi connectivity index (χ2n) is 7.19. The summed E-state index contributed by atoms with van der Waals surface area (Å²) >= 11 is 0. The van der Waals surface area contributed by atoms with Crippen LogP contribution >= 0.6 is 0 Å². The highest BCUT2D eigenvalue weighted by Crippen LogP contribution is 2.32. The van der Waals surface area contributed by atoms with Gasteiger partial charge in [-0.3, -0.25) is 9.59 Å². The minimum absolute atomic E-state index is 0.102. The first kappa shape index (κ1) is 16.8. The van der Waals surface area contributed by atoms with Gasteiger partial charge in [0.1, 0.15) is 0 Å².